The third-order valence-electron chi connectivity index (χ3n) is 5.98. The first-order valence-electron chi connectivity index (χ1n) is 11.3. The largest absolute Gasteiger partial charge is 0.435 e. The number of rotatable bonds is 7. The summed E-state index contributed by atoms with van der Waals surface area (Å²) in [6.07, 6.45) is -4.17. The highest BCUT2D eigenvalue weighted by Gasteiger charge is 2.62. The van der Waals surface area contributed by atoms with Gasteiger partial charge in [-0.15, -0.1) is 0 Å². The van der Waals surface area contributed by atoms with Crippen LogP contribution < -0.4 is 5.73 Å². The highest BCUT2D eigenvalue weighted by Crippen LogP contribution is 2.51. The molecule has 3 aromatic rings. The summed E-state index contributed by atoms with van der Waals surface area (Å²) in [5, 5.41) is 8.30. The number of benzene rings is 3. The molecule has 1 atom stereocenters. The van der Waals surface area contributed by atoms with Gasteiger partial charge in [0.15, 0.2) is 0 Å². The number of primary amides is 1. The van der Waals surface area contributed by atoms with E-state index in [-0.39, 0.29) is 44.4 Å². The van der Waals surface area contributed by atoms with E-state index >= 15 is 0 Å². The summed E-state index contributed by atoms with van der Waals surface area (Å²) in [7, 11) is 0. The number of nitrogens with two attached hydrogens (primary N) is 1. The van der Waals surface area contributed by atoms with Crippen molar-refractivity contribution >= 4 is 63.4 Å². The number of nitrogens with zero attached hydrogens (tertiary/aromatic N) is 2. The number of carbonyl (C=O) groups is 1. The molecule has 2 N–H and O–H groups in total. The Morgan fingerprint density at radius 3 is 2.39 bits per heavy atom. The fourth-order valence-corrected chi connectivity index (χ4v) is 4.86. The van der Waals surface area contributed by atoms with Crippen LogP contribution in [-0.2, 0) is 21.7 Å². The van der Waals surface area contributed by atoms with Gasteiger partial charge in [0.25, 0.3) is 5.60 Å². The third-order valence-corrected chi connectivity index (χ3v) is 7.17. The fourth-order valence-electron chi connectivity index (χ4n) is 4.26. The van der Waals surface area contributed by atoms with Crippen molar-refractivity contribution in [3.05, 3.63) is 79.8 Å². The maximum Gasteiger partial charge on any atom is 0.435 e. The fraction of sp³-hybridized carbons (Fsp3) is 0.269. The molecule has 0 bridgehead atoms. The Kier molecular flexibility index (Phi) is 7.84. The highest BCUT2D eigenvalue weighted by molar-refractivity contribution is 6.48. The normalized spacial score (nSPS) is 17.8. The summed E-state index contributed by atoms with van der Waals surface area (Å²) >= 11 is 18.1. The number of amides is 1. The second-order valence-electron chi connectivity index (χ2n) is 8.90. The van der Waals surface area contributed by atoms with Crippen LogP contribution in [0, 0.1) is 0 Å². The summed E-state index contributed by atoms with van der Waals surface area (Å²) in [5.41, 5.74) is 3.50. The Hall–Kier alpha value is -3.01. The van der Waals surface area contributed by atoms with Crippen molar-refractivity contribution in [2.24, 2.45) is 16.0 Å². The van der Waals surface area contributed by atoms with E-state index in [1.165, 1.54) is 6.21 Å². The molecule has 1 aliphatic heterocycles. The van der Waals surface area contributed by atoms with Crippen molar-refractivity contribution in [1.82, 2.24) is 0 Å². The minimum atomic E-state index is -4.90. The van der Waals surface area contributed by atoms with E-state index in [4.69, 9.17) is 50.2 Å². The van der Waals surface area contributed by atoms with Crippen molar-refractivity contribution in [3.8, 4) is 0 Å². The lowest BCUT2D eigenvalue weighted by molar-refractivity contribution is -0.275. The summed E-state index contributed by atoms with van der Waals surface area (Å²) < 4.78 is 43.7. The van der Waals surface area contributed by atoms with Crippen molar-refractivity contribution in [2.75, 3.05) is 0 Å². The van der Waals surface area contributed by atoms with E-state index < -0.39 is 24.1 Å². The van der Waals surface area contributed by atoms with Crippen LogP contribution in [0.2, 0.25) is 15.1 Å². The van der Waals surface area contributed by atoms with Crippen molar-refractivity contribution in [2.45, 2.75) is 44.6 Å². The van der Waals surface area contributed by atoms with Gasteiger partial charge < -0.3 is 15.4 Å². The Morgan fingerprint density at radius 2 is 1.82 bits per heavy atom. The number of alkyl halides is 3. The van der Waals surface area contributed by atoms with Crippen LogP contribution in [-0.4, -0.2) is 30.1 Å². The number of oxime groups is 2. The van der Waals surface area contributed by atoms with Crippen LogP contribution in [0.4, 0.5) is 13.2 Å². The average Bonchev–Trinajstić information content (AvgIpc) is 3.31. The van der Waals surface area contributed by atoms with E-state index in [0.717, 1.165) is 12.1 Å². The van der Waals surface area contributed by atoms with Gasteiger partial charge in [-0.3, -0.25) is 4.79 Å². The predicted molar refractivity (Wildman–Crippen MR) is 142 cm³/mol. The zero-order chi connectivity index (χ0) is 27.8. The highest BCUT2D eigenvalue weighted by atomic mass is 35.5. The van der Waals surface area contributed by atoms with E-state index in [9.17, 15) is 18.0 Å². The zero-order valence-corrected chi connectivity index (χ0v) is 22.3. The van der Waals surface area contributed by atoms with Gasteiger partial charge in [0.2, 0.25) is 5.91 Å². The SMILES string of the molecule is CC(C)ON=CCc1cc(C2=NOC(c3cc(Cl)c(Cl)c(Cl)c3)(C(F)(F)F)C2)c2ccccc2c1C(N)=O. The molecule has 1 aliphatic rings. The molecule has 1 unspecified atom stereocenters. The first-order chi connectivity index (χ1) is 17.9. The van der Waals surface area contributed by atoms with Gasteiger partial charge in [0.1, 0.15) is 6.10 Å². The number of halogens is 6. The van der Waals surface area contributed by atoms with E-state index in [1.807, 2.05) is 0 Å². The number of hydrogen-bond acceptors (Lipinski definition) is 5. The molecule has 0 fully saturated rings. The maximum absolute atomic E-state index is 14.6. The first kappa shape index (κ1) is 28.0. The second-order valence-corrected chi connectivity index (χ2v) is 10.1. The molecule has 3 aromatic carbocycles. The van der Waals surface area contributed by atoms with Gasteiger partial charge >= 0.3 is 6.18 Å². The molecule has 0 saturated carbocycles. The topological polar surface area (TPSA) is 86.3 Å². The lowest BCUT2D eigenvalue weighted by Gasteiger charge is -2.30. The molecule has 1 amide bonds. The van der Waals surface area contributed by atoms with Gasteiger partial charge in [-0.05, 0) is 48.4 Å². The summed E-state index contributed by atoms with van der Waals surface area (Å²) in [4.78, 5) is 22.8. The van der Waals surface area contributed by atoms with Crippen LogP contribution in [0.5, 0.6) is 0 Å². The molecule has 1 heterocycles. The van der Waals surface area contributed by atoms with Crippen LogP contribution >= 0.6 is 34.8 Å². The van der Waals surface area contributed by atoms with Crippen molar-refractivity contribution in [3.63, 3.8) is 0 Å². The van der Waals surface area contributed by atoms with Crippen LogP contribution in [0.1, 0.15) is 47.3 Å². The van der Waals surface area contributed by atoms with Crippen molar-refractivity contribution in [1.29, 1.82) is 0 Å². The summed E-state index contributed by atoms with van der Waals surface area (Å²) in [6.45, 7) is 3.60. The standard InChI is InChI=1S/C26H21Cl3F3N3O3/c1-13(2)37-34-8-7-14-9-18(16-5-3-4-6-17(16)22(14)24(33)36)21-12-25(38-35-21,26(30,31)32)15-10-19(27)23(29)20(28)11-15/h3-6,8-11,13H,7,12H2,1-2H3,(H2,33,36). The summed E-state index contributed by atoms with van der Waals surface area (Å²) in [6, 6.07) is 10.4. The molecule has 0 aromatic heterocycles. The summed E-state index contributed by atoms with van der Waals surface area (Å²) in [5.74, 6) is -0.694. The van der Waals surface area contributed by atoms with E-state index in [1.54, 1.807) is 44.2 Å². The van der Waals surface area contributed by atoms with E-state index in [0.29, 0.717) is 21.9 Å². The van der Waals surface area contributed by atoms with Gasteiger partial charge in [0, 0.05) is 30.2 Å². The number of fused-ring (bicyclic) bond motifs is 1. The average molecular weight is 587 g/mol. The lowest BCUT2D eigenvalue weighted by atomic mass is 9.84. The molecule has 12 heteroatoms. The van der Waals surface area contributed by atoms with Gasteiger partial charge in [-0.25, -0.2) is 0 Å². The molecule has 38 heavy (non-hydrogen) atoms. The minimum Gasteiger partial charge on any atom is -0.393 e. The molecule has 0 spiro atoms. The van der Waals surface area contributed by atoms with Crippen LogP contribution in [0.25, 0.3) is 10.8 Å². The zero-order valence-electron chi connectivity index (χ0n) is 20.1. The Bertz CT molecular complexity index is 1450. The molecule has 0 radical (unpaired) electrons. The predicted octanol–water partition coefficient (Wildman–Crippen LogP) is 7.43. The molecular weight excluding hydrogens is 566 g/mol. The lowest BCUT2D eigenvalue weighted by Crippen LogP contribution is -2.42. The third kappa shape index (κ3) is 5.15. The number of carbonyl (C=O) groups excluding carboxylic acids is 1. The van der Waals surface area contributed by atoms with Crippen molar-refractivity contribution < 1.29 is 27.6 Å². The monoisotopic (exact) mass is 585 g/mol. The molecule has 200 valence electrons. The van der Waals surface area contributed by atoms with E-state index in [2.05, 4.69) is 10.3 Å². The Labute approximate surface area is 231 Å². The molecule has 4 rings (SSSR count). The molecule has 0 saturated heterocycles. The van der Waals surface area contributed by atoms with Gasteiger partial charge in [-0.2, -0.15) is 13.2 Å². The molecule has 0 aliphatic carbocycles. The first-order valence-corrected chi connectivity index (χ1v) is 12.5. The van der Waals surface area contributed by atoms with Gasteiger partial charge in [-0.1, -0.05) is 69.4 Å². The quantitative estimate of drug-likeness (QED) is 0.177. The smallest absolute Gasteiger partial charge is 0.393 e. The van der Waals surface area contributed by atoms with Gasteiger partial charge in [0.05, 0.1) is 26.3 Å². The molecular formula is C26H21Cl3F3N3O3. The van der Waals surface area contributed by atoms with Crippen LogP contribution in [0.3, 0.4) is 0 Å². The molecule has 6 nitrogen and oxygen atoms in total. The van der Waals surface area contributed by atoms with Crippen LogP contribution in [0.15, 0.2) is 52.8 Å². The number of hydrogen-bond donors (Lipinski definition) is 1. The Balaban J connectivity index is 1.85. The minimum absolute atomic E-state index is 0.00774. The second kappa shape index (κ2) is 10.6. The Morgan fingerprint density at radius 1 is 1.18 bits per heavy atom. The maximum atomic E-state index is 14.6.